The van der Waals surface area contributed by atoms with Gasteiger partial charge in [0.05, 0.1) is 7.11 Å². The van der Waals surface area contributed by atoms with Crippen molar-refractivity contribution in [1.29, 1.82) is 5.26 Å². The third kappa shape index (κ3) is 5.96. The molecule has 0 spiro atoms. The largest absolute Gasteiger partial charge is 0.497 e. The summed E-state index contributed by atoms with van der Waals surface area (Å²) in [7, 11) is 1.53. The third-order valence-corrected chi connectivity index (χ3v) is 3.47. The molecule has 0 atom stereocenters. The molecule has 25 heavy (non-hydrogen) atoms. The number of nitrogens with zero attached hydrogens (tertiary/aromatic N) is 2. The van der Waals surface area contributed by atoms with Gasteiger partial charge in [-0.15, -0.1) is 0 Å². The lowest BCUT2D eigenvalue weighted by Crippen LogP contribution is -2.44. The van der Waals surface area contributed by atoms with Crippen LogP contribution in [0.15, 0.2) is 29.8 Å². The average Bonchev–Trinajstić information content (AvgIpc) is 2.57. The fourth-order valence-corrected chi connectivity index (χ4v) is 2.49. The highest BCUT2D eigenvalue weighted by molar-refractivity contribution is 5.98. The lowest BCUT2D eigenvalue weighted by Gasteiger charge is -2.30. The number of esters is 1. The molecule has 0 fully saturated rings. The molecule has 1 rings (SSSR count). The van der Waals surface area contributed by atoms with Gasteiger partial charge in [-0.25, -0.2) is 4.79 Å². The number of benzene rings is 1. The first kappa shape index (κ1) is 20.2. The van der Waals surface area contributed by atoms with Crippen molar-refractivity contribution in [2.75, 3.05) is 13.7 Å². The molecule has 0 saturated carbocycles. The van der Waals surface area contributed by atoms with Crippen LogP contribution in [0, 0.1) is 11.3 Å². The summed E-state index contributed by atoms with van der Waals surface area (Å²) in [4.78, 5) is 25.9. The Kier molecular flexibility index (Phi) is 7.67. The molecular formula is C19H24N2O4. The number of ether oxygens (including phenoxy) is 2. The number of carbonyl (C=O) groups excluding carboxylic acids is 2. The predicted octanol–water partition coefficient (Wildman–Crippen LogP) is 2.79. The van der Waals surface area contributed by atoms with Crippen molar-refractivity contribution in [2.45, 2.75) is 39.8 Å². The molecule has 0 unspecified atom stereocenters. The first-order valence-corrected chi connectivity index (χ1v) is 8.04. The number of methoxy groups -OCH3 is 1. The summed E-state index contributed by atoms with van der Waals surface area (Å²) in [5.41, 5.74) is 0.451. The Balaban J connectivity index is 2.81. The minimum absolute atomic E-state index is 0.00559. The Morgan fingerprint density at radius 3 is 2.40 bits per heavy atom. The topological polar surface area (TPSA) is 79.6 Å². The summed E-state index contributed by atoms with van der Waals surface area (Å²) in [6.45, 7) is 7.17. The van der Waals surface area contributed by atoms with Gasteiger partial charge < -0.3 is 14.4 Å². The number of nitriles is 1. The molecule has 6 heteroatoms. The summed E-state index contributed by atoms with van der Waals surface area (Å²) >= 11 is 0. The number of hydrogen-bond donors (Lipinski definition) is 0. The van der Waals surface area contributed by atoms with Gasteiger partial charge in [0, 0.05) is 12.1 Å². The van der Waals surface area contributed by atoms with E-state index in [-0.39, 0.29) is 23.6 Å². The Morgan fingerprint density at radius 1 is 1.24 bits per heavy atom. The van der Waals surface area contributed by atoms with Crippen LogP contribution in [0.4, 0.5) is 0 Å². The van der Waals surface area contributed by atoms with Crippen LogP contribution in [-0.4, -0.2) is 42.6 Å². The summed E-state index contributed by atoms with van der Waals surface area (Å²) in [6.07, 6.45) is 1.40. The van der Waals surface area contributed by atoms with Crippen LogP contribution in [-0.2, 0) is 14.3 Å². The maximum absolute atomic E-state index is 12.2. The van der Waals surface area contributed by atoms with Crippen LogP contribution in [0.25, 0.3) is 6.08 Å². The SMILES string of the molecule is COc1cccc(/C=C(\C#N)C(=O)OCC(=O)N(C(C)C)C(C)C)c1. The average molecular weight is 344 g/mol. The van der Waals surface area contributed by atoms with Crippen LogP contribution in [0.2, 0.25) is 0 Å². The van der Waals surface area contributed by atoms with Crippen LogP contribution in [0.1, 0.15) is 33.3 Å². The van der Waals surface area contributed by atoms with Crippen molar-refractivity contribution >= 4 is 18.0 Å². The van der Waals surface area contributed by atoms with E-state index in [4.69, 9.17) is 9.47 Å². The first-order chi connectivity index (χ1) is 11.8. The van der Waals surface area contributed by atoms with E-state index >= 15 is 0 Å². The second-order valence-electron chi connectivity index (χ2n) is 6.01. The zero-order valence-corrected chi connectivity index (χ0v) is 15.3. The first-order valence-electron chi connectivity index (χ1n) is 8.04. The molecule has 0 N–H and O–H groups in total. The van der Waals surface area contributed by atoms with Crippen LogP contribution in [0.3, 0.4) is 0 Å². The van der Waals surface area contributed by atoms with Gasteiger partial charge >= 0.3 is 5.97 Å². The van der Waals surface area contributed by atoms with Gasteiger partial charge in [-0.1, -0.05) is 12.1 Å². The molecule has 0 heterocycles. The molecule has 0 aliphatic heterocycles. The Hall–Kier alpha value is -2.81. The van der Waals surface area contributed by atoms with E-state index in [9.17, 15) is 14.9 Å². The zero-order chi connectivity index (χ0) is 19.0. The molecule has 0 saturated heterocycles. The molecular weight excluding hydrogens is 320 g/mol. The third-order valence-electron chi connectivity index (χ3n) is 3.47. The number of amides is 1. The number of rotatable bonds is 7. The Bertz CT molecular complexity index is 679. The lowest BCUT2D eigenvalue weighted by molar-refractivity contribution is -0.150. The fraction of sp³-hybridized carbons (Fsp3) is 0.421. The molecule has 0 radical (unpaired) electrons. The summed E-state index contributed by atoms with van der Waals surface area (Å²) < 4.78 is 10.1. The highest BCUT2D eigenvalue weighted by Crippen LogP contribution is 2.16. The van der Waals surface area contributed by atoms with E-state index in [1.54, 1.807) is 29.2 Å². The quantitative estimate of drug-likeness (QED) is 0.432. The van der Waals surface area contributed by atoms with Crippen molar-refractivity contribution in [3.8, 4) is 11.8 Å². The standard InChI is InChI=1S/C19H24N2O4/c1-13(2)21(14(3)4)18(22)12-25-19(23)16(11-20)9-15-7-6-8-17(10-15)24-5/h6-10,13-14H,12H2,1-5H3/b16-9+. The zero-order valence-electron chi connectivity index (χ0n) is 15.3. The van der Waals surface area contributed by atoms with Crippen LogP contribution in [0.5, 0.6) is 5.75 Å². The molecule has 134 valence electrons. The highest BCUT2D eigenvalue weighted by Gasteiger charge is 2.22. The smallest absolute Gasteiger partial charge is 0.349 e. The molecule has 1 aromatic rings. The van der Waals surface area contributed by atoms with E-state index in [1.165, 1.54) is 13.2 Å². The van der Waals surface area contributed by atoms with Crippen LogP contribution >= 0.6 is 0 Å². The second kappa shape index (κ2) is 9.48. The Labute approximate surface area is 148 Å². The van der Waals surface area contributed by atoms with E-state index in [1.807, 2.05) is 33.8 Å². The van der Waals surface area contributed by atoms with Gasteiger partial charge in [0.1, 0.15) is 17.4 Å². The highest BCUT2D eigenvalue weighted by atomic mass is 16.5. The van der Waals surface area contributed by atoms with Crippen molar-refractivity contribution in [3.63, 3.8) is 0 Å². The van der Waals surface area contributed by atoms with Gasteiger partial charge in [0.2, 0.25) is 0 Å². The molecule has 0 bridgehead atoms. The van der Waals surface area contributed by atoms with E-state index < -0.39 is 12.6 Å². The fourth-order valence-electron chi connectivity index (χ4n) is 2.49. The predicted molar refractivity (Wildman–Crippen MR) is 94.7 cm³/mol. The van der Waals surface area contributed by atoms with Gasteiger partial charge in [-0.05, 0) is 51.5 Å². The minimum Gasteiger partial charge on any atom is -0.497 e. The maximum atomic E-state index is 12.2. The van der Waals surface area contributed by atoms with Crippen molar-refractivity contribution in [2.24, 2.45) is 0 Å². The monoisotopic (exact) mass is 344 g/mol. The van der Waals surface area contributed by atoms with Gasteiger partial charge in [-0.3, -0.25) is 4.79 Å². The van der Waals surface area contributed by atoms with E-state index in [0.29, 0.717) is 11.3 Å². The summed E-state index contributed by atoms with van der Waals surface area (Å²) in [5, 5.41) is 9.19. The van der Waals surface area contributed by atoms with Crippen molar-refractivity contribution in [1.82, 2.24) is 4.90 Å². The van der Waals surface area contributed by atoms with Crippen LogP contribution < -0.4 is 4.74 Å². The van der Waals surface area contributed by atoms with Gasteiger partial charge in [-0.2, -0.15) is 5.26 Å². The van der Waals surface area contributed by atoms with Crippen molar-refractivity contribution < 1.29 is 19.1 Å². The van der Waals surface area contributed by atoms with E-state index in [0.717, 1.165) is 0 Å². The summed E-state index contributed by atoms with van der Waals surface area (Å²) in [6, 6.07) is 8.72. The number of hydrogen-bond acceptors (Lipinski definition) is 5. The molecule has 1 aromatic carbocycles. The maximum Gasteiger partial charge on any atom is 0.349 e. The molecule has 0 aliphatic carbocycles. The second-order valence-corrected chi connectivity index (χ2v) is 6.01. The van der Waals surface area contributed by atoms with Gasteiger partial charge in [0.15, 0.2) is 6.61 Å². The van der Waals surface area contributed by atoms with E-state index in [2.05, 4.69) is 0 Å². The minimum atomic E-state index is -0.828. The normalized spacial score (nSPS) is 11.2. The lowest BCUT2D eigenvalue weighted by atomic mass is 10.1. The number of carbonyl (C=O) groups is 2. The molecule has 6 nitrogen and oxygen atoms in total. The molecule has 0 aliphatic rings. The molecule has 0 aromatic heterocycles. The Morgan fingerprint density at radius 2 is 1.88 bits per heavy atom. The molecule has 1 amide bonds. The van der Waals surface area contributed by atoms with Crippen molar-refractivity contribution in [3.05, 3.63) is 35.4 Å². The summed E-state index contributed by atoms with van der Waals surface area (Å²) in [5.74, 6) is -0.512. The van der Waals surface area contributed by atoms with Gasteiger partial charge in [0.25, 0.3) is 5.91 Å².